The topological polar surface area (TPSA) is 47.3 Å². The van der Waals surface area contributed by atoms with E-state index in [9.17, 15) is 5.11 Å². The number of hydrogen-bond acceptors (Lipinski definition) is 3. The molecule has 0 unspecified atom stereocenters. The second-order valence-corrected chi connectivity index (χ2v) is 5.05. The van der Waals surface area contributed by atoms with Crippen LogP contribution in [0, 0.1) is 6.92 Å². The van der Waals surface area contributed by atoms with Crippen LogP contribution in [0.25, 0.3) is 10.8 Å². The standard InChI is InChI=1S/C17H18N2O2/c1-3-19-15(8-12(2)18-19)11-21-17-10-14-7-5-4-6-13(14)9-16(17)20/h4-10,20H,3,11H2,1-2H3. The highest BCUT2D eigenvalue weighted by Crippen LogP contribution is 2.31. The third-order valence-electron chi connectivity index (χ3n) is 3.49. The minimum Gasteiger partial charge on any atom is -0.504 e. The zero-order valence-electron chi connectivity index (χ0n) is 12.2. The van der Waals surface area contributed by atoms with Crippen molar-refractivity contribution in [3.63, 3.8) is 0 Å². The summed E-state index contributed by atoms with van der Waals surface area (Å²) >= 11 is 0. The lowest BCUT2D eigenvalue weighted by atomic mass is 10.1. The molecule has 0 atom stereocenters. The zero-order valence-corrected chi connectivity index (χ0v) is 12.2. The molecule has 0 saturated carbocycles. The number of ether oxygens (including phenoxy) is 1. The van der Waals surface area contributed by atoms with Gasteiger partial charge in [0.1, 0.15) is 6.61 Å². The molecule has 0 bridgehead atoms. The van der Waals surface area contributed by atoms with Crippen molar-refractivity contribution >= 4 is 10.8 Å². The highest BCUT2D eigenvalue weighted by Gasteiger charge is 2.08. The number of hydrogen-bond donors (Lipinski definition) is 1. The summed E-state index contributed by atoms with van der Waals surface area (Å²) in [5.41, 5.74) is 1.97. The number of phenolic OH excluding ortho intramolecular Hbond substituents is 1. The van der Waals surface area contributed by atoms with E-state index in [2.05, 4.69) is 5.10 Å². The Morgan fingerprint density at radius 1 is 1.14 bits per heavy atom. The van der Waals surface area contributed by atoms with Crippen LogP contribution in [0.5, 0.6) is 11.5 Å². The molecule has 21 heavy (non-hydrogen) atoms. The molecule has 0 aliphatic heterocycles. The molecule has 0 fully saturated rings. The lowest BCUT2D eigenvalue weighted by Crippen LogP contribution is -2.06. The molecule has 0 aliphatic carbocycles. The predicted molar refractivity (Wildman–Crippen MR) is 82.6 cm³/mol. The maximum atomic E-state index is 10.1. The molecule has 0 saturated heterocycles. The van der Waals surface area contributed by atoms with Gasteiger partial charge in [-0.3, -0.25) is 4.68 Å². The van der Waals surface area contributed by atoms with Gasteiger partial charge in [-0.05, 0) is 42.8 Å². The molecular weight excluding hydrogens is 264 g/mol. The van der Waals surface area contributed by atoms with Crippen molar-refractivity contribution in [1.82, 2.24) is 9.78 Å². The van der Waals surface area contributed by atoms with Gasteiger partial charge in [0.05, 0.1) is 11.4 Å². The fourth-order valence-electron chi connectivity index (χ4n) is 2.46. The van der Waals surface area contributed by atoms with Crippen molar-refractivity contribution in [2.75, 3.05) is 0 Å². The van der Waals surface area contributed by atoms with Crippen LogP contribution in [-0.2, 0) is 13.2 Å². The molecule has 0 amide bonds. The number of aromatic nitrogens is 2. The third-order valence-corrected chi connectivity index (χ3v) is 3.49. The van der Waals surface area contributed by atoms with Crippen LogP contribution < -0.4 is 4.74 Å². The summed E-state index contributed by atoms with van der Waals surface area (Å²) in [5, 5.41) is 16.5. The van der Waals surface area contributed by atoms with E-state index in [4.69, 9.17) is 4.74 Å². The number of benzene rings is 2. The van der Waals surface area contributed by atoms with Gasteiger partial charge in [0.25, 0.3) is 0 Å². The summed E-state index contributed by atoms with van der Waals surface area (Å²) in [7, 11) is 0. The van der Waals surface area contributed by atoms with Crippen LogP contribution in [0.3, 0.4) is 0 Å². The van der Waals surface area contributed by atoms with Crippen LogP contribution in [0.4, 0.5) is 0 Å². The SMILES string of the molecule is CCn1nc(C)cc1COc1cc2ccccc2cc1O. The Balaban J connectivity index is 1.86. The first-order valence-corrected chi connectivity index (χ1v) is 7.05. The number of aromatic hydroxyl groups is 1. The summed E-state index contributed by atoms with van der Waals surface area (Å²) in [4.78, 5) is 0. The normalized spacial score (nSPS) is 11.0. The summed E-state index contributed by atoms with van der Waals surface area (Å²) < 4.78 is 7.69. The van der Waals surface area contributed by atoms with Gasteiger partial charge in [0.15, 0.2) is 11.5 Å². The quantitative estimate of drug-likeness (QED) is 0.794. The maximum Gasteiger partial charge on any atom is 0.162 e. The fourth-order valence-corrected chi connectivity index (χ4v) is 2.46. The number of rotatable bonds is 4. The Labute approximate surface area is 123 Å². The Kier molecular flexibility index (Phi) is 3.52. The Morgan fingerprint density at radius 2 is 1.86 bits per heavy atom. The molecule has 1 aromatic heterocycles. The molecule has 3 aromatic rings. The van der Waals surface area contributed by atoms with Gasteiger partial charge >= 0.3 is 0 Å². The van der Waals surface area contributed by atoms with Crippen LogP contribution >= 0.6 is 0 Å². The van der Waals surface area contributed by atoms with Crippen molar-refractivity contribution in [1.29, 1.82) is 0 Å². The molecule has 4 nitrogen and oxygen atoms in total. The first-order valence-electron chi connectivity index (χ1n) is 7.05. The molecule has 2 aromatic carbocycles. The average molecular weight is 282 g/mol. The van der Waals surface area contributed by atoms with Crippen molar-refractivity contribution in [3.05, 3.63) is 53.9 Å². The minimum absolute atomic E-state index is 0.160. The second kappa shape index (κ2) is 5.48. The van der Waals surface area contributed by atoms with E-state index in [1.807, 2.05) is 54.9 Å². The molecule has 1 N–H and O–H groups in total. The number of phenols is 1. The van der Waals surface area contributed by atoms with Gasteiger partial charge < -0.3 is 9.84 Å². The predicted octanol–water partition coefficient (Wildman–Crippen LogP) is 3.65. The second-order valence-electron chi connectivity index (χ2n) is 5.05. The lowest BCUT2D eigenvalue weighted by molar-refractivity contribution is 0.278. The van der Waals surface area contributed by atoms with E-state index in [-0.39, 0.29) is 5.75 Å². The van der Waals surface area contributed by atoms with Crippen LogP contribution in [-0.4, -0.2) is 14.9 Å². The largest absolute Gasteiger partial charge is 0.504 e. The minimum atomic E-state index is 0.160. The number of nitrogens with zero attached hydrogens (tertiary/aromatic N) is 2. The van der Waals surface area contributed by atoms with E-state index in [1.54, 1.807) is 6.07 Å². The Bertz CT molecular complexity index is 778. The maximum absolute atomic E-state index is 10.1. The van der Waals surface area contributed by atoms with Gasteiger partial charge in [0.2, 0.25) is 0 Å². The zero-order chi connectivity index (χ0) is 14.8. The van der Waals surface area contributed by atoms with Gasteiger partial charge in [-0.1, -0.05) is 24.3 Å². The molecule has 0 spiro atoms. The third kappa shape index (κ3) is 2.70. The van der Waals surface area contributed by atoms with E-state index >= 15 is 0 Å². The summed E-state index contributed by atoms with van der Waals surface area (Å²) in [6.45, 7) is 5.20. The van der Waals surface area contributed by atoms with Crippen LogP contribution in [0.2, 0.25) is 0 Å². The lowest BCUT2D eigenvalue weighted by Gasteiger charge is -2.10. The molecular formula is C17H18N2O2. The van der Waals surface area contributed by atoms with Gasteiger partial charge in [-0.15, -0.1) is 0 Å². The summed E-state index contributed by atoms with van der Waals surface area (Å²) in [6, 6.07) is 13.5. The molecule has 0 radical (unpaired) electrons. The highest BCUT2D eigenvalue weighted by molar-refractivity contribution is 5.85. The van der Waals surface area contributed by atoms with Gasteiger partial charge in [-0.2, -0.15) is 5.10 Å². The van der Waals surface area contributed by atoms with Crippen LogP contribution in [0.1, 0.15) is 18.3 Å². The highest BCUT2D eigenvalue weighted by atomic mass is 16.5. The van der Waals surface area contributed by atoms with E-state index in [0.29, 0.717) is 12.4 Å². The smallest absolute Gasteiger partial charge is 0.162 e. The molecule has 1 heterocycles. The monoisotopic (exact) mass is 282 g/mol. The van der Waals surface area contributed by atoms with Crippen molar-refractivity contribution in [2.24, 2.45) is 0 Å². The molecule has 108 valence electrons. The Morgan fingerprint density at radius 3 is 2.57 bits per heavy atom. The van der Waals surface area contributed by atoms with Crippen LogP contribution in [0.15, 0.2) is 42.5 Å². The molecule has 4 heteroatoms. The number of fused-ring (bicyclic) bond motifs is 1. The van der Waals surface area contributed by atoms with E-state index in [1.165, 1.54) is 0 Å². The first-order chi connectivity index (χ1) is 10.2. The summed E-state index contributed by atoms with van der Waals surface area (Å²) in [5.74, 6) is 0.656. The van der Waals surface area contributed by atoms with Crippen molar-refractivity contribution in [2.45, 2.75) is 27.0 Å². The van der Waals surface area contributed by atoms with E-state index in [0.717, 1.165) is 28.7 Å². The Hall–Kier alpha value is -2.49. The molecule has 0 aliphatic rings. The first kappa shape index (κ1) is 13.5. The summed E-state index contributed by atoms with van der Waals surface area (Å²) in [6.07, 6.45) is 0. The van der Waals surface area contributed by atoms with Gasteiger partial charge in [-0.25, -0.2) is 0 Å². The fraction of sp³-hybridized carbons (Fsp3) is 0.235. The van der Waals surface area contributed by atoms with Crippen molar-refractivity contribution in [3.8, 4) is 11.5 Å². The van der Waals surface area contributed by atoms with Gasteiger partial charge in [0, 0.05) is 6.54 Å². The molecule has 3 rings (SSSR count). The average Bonchev–Trinajstić information content (AvgIpc) is 2.85. The number of aryl methyl sites for hydroxylation is 2. The van der Waals surface area contributed by atoms with Crippen molar-refractivity contribution < 1.29 is 9.84 Å². The van der Waals surface area contributed by atoms with E-state index < -0.39 is 0 Å².